The van der Waals surface area contributed by atoms with Gasteiger partial charge in [-0.25, -0.2) is 4.79 Å². The molecule has 1 aromatic heterocycles. The van der Waals surface area contributed by atoms with Gasteiger partial charge in [0.1, 0.15) is 0 Å². The number of piperidine rings is 1. The standard InChI is InChI=1S/C22H30N4O/c1-18-15-19(10-11-23-18)16-25(2)22(27)24-12-14-26-13-6-9-21(17-26)20-7-4-3-5-8-20/h3-5,7-8,10-11,15,21H,6,9,12-14,16-17H2,1-2H3,(H,24,27). The van der Waals surface area contributed by atoms with Gasteiger partial charge in [-0.15, -0.1) is 0 Å². The molecule has 144 valence electrons. The van der Waals surface area contributed by atoms with Gasteiger partial charge in [0.25, 0.3) is 0 Å². The molecule has 2 amide bonds. The molecule has 2 aromatic rings. The number of aromatic nitrogens is 1. The molecular weight excluding hydrogens is 336 g/mol. The van der Waals surface area contributed by atoms with E-state index in [1.807, 2.05) is 26.1 Å². The fraction of sp³-hybridized carbons (Fsp3) is 0.455. The molecule has 1 saturated heterocycles. The van der Waals surface area contributed by atoms with Crippen LogP contribution in [0.4, 0.5) is 4.79 Å². The summed E-state index contributed by atoms with van der Waals surface area (Å²) in [5.41, 5.74) is 3.50. The quantitative estimate of drug-likeness (QED) is 0.852. The van der Waals surface area contributed by atoms with Crippen LogP contribution in [0.5, 0.6) is 0 Å². The number of carbonyl (C=O) groups is 1. The van der Waals surface area contributed by atoms with Crippen molar-refractivity contribution in [1.29, 1.82) is 0 Å². The average molecular weight is 367 g/mol. The summed E-state index contributed by atoms with van der Waals surface area (Å²) in [5.74, 6) is 0.605. The molecule has 5 heteroatoms. The van der Waals surface area contributed by atoms with E-state index in [4.69, 9.17) is 0 Å². The third kappa shape index (κ3) is 5.79. The van der Waals surface area contributed by atoms with Crippen molar-refractivity contribution >= 4 is 6.03 Å². The van der Waals surface area contributed by atoms with E-state index in [9.17, 15) is 4.79 Å². The van der Waals surface area contributed by atoms with Crippen molar-refractivity contribution in [1.82, 2.24) is 20.1 Å². The molecule has 1 aliphatic heterocycles. The molecule has 1 fully saturated rings. The van der Waals surface area contributed by atoms with Gasteiger partial charge in [0.15, 0.2) is 0 Å². The first-order valence-corrected chi connectivity index (χ1v) is 9.79. The molecule has 5 nitrogen and oxygen atoms in total. The number of aryl methyl sites for hydroxylation is 1. The number of likely N-dealkylation sites (tertiary alicyclic amines) is 1. The van der Waals surface area contributed by atoms with E-state index in [-0.39, 0.29) is 6.03 Å². The molecule has 0 spiro atoms. The molecular formula is C22H30N4O. The second kappa shape index (κ2) is 9.51. The van der Waals surface area contributed by atoms with Crippen LogP contribution in [0, 0.1) is 6.92 Å². The monoisotopic (exact) mass is 366 g/mol. The lowest BCUT2D eigenvalue weighted by Gasteiger charge is -2.33. The second-order valence-corrected chi connectivity index (χ2v) is 7.44. The van der Waals surface area contributed by atoms with Crippen LogP contribution in [-0.2, 0) is 6.54 Å². The maximum absolute atomic E-state index is 12.3. The lowest BCUT2D eigenvalue weighted by molar-refractivity contribution is 0.192. The van der Waals surface area contributed by atoms with Crippen LogP contribution in [0.1, 0.15) is 35.6 Å². The lowest BCUT2D eigenvalue weighted by atomic mass is 9.91. The van der Waals surface area contributed by atoms with E-state index in [0.29, 0.717) is 19.0 Å². The summed E-state index contributed by atoms with van der Waals surface area (Å²) in [4.78, 5) is 20.7. The van der Waals surface area contributed by atoms with E-state index in [1.165, 1.54) is 18.4 Å². The smallest absolute Gasteiger partial charge is 0.317 e. The molecule has 0 saturated carbocycles. The van der Waals surface area contributed by atoms with Crippen molar-refractivity contribution in [2.75, 3.05) is 33.2 Å². The molecule has 3 rings (SSSR count). The number of urea groups is 1. The van der Waals surface area contributed by atoms with E-state index < -0.39 is 0 Å². The van der Waals surface area contributed by atoms with Gasteiger partial charge in [0.2, 0.25) is 0 Å². The van der Waals surface area contributed by atoms with Crippen molar-refractivity contribution in [3.05, 3.63) is 65.5 Å². The minimum absolute atomic E-state index is 0.0268. The zero-order valence-electron chi connectivity index (χ0n) is 16.4. The second-order valence-electron chi connectivity index (χ2n) is 7.44. The lowest BCUT2D eigenvalue weighted by Crippen LogP contribution is -2.43. The predicted octanol–water partition coefficient (Wildman–Crippen LogP) is 3.41. The largest absolute Gasteiger partial charge is 0.337 e. The maximum Gasteiger partial charge on any atom is 0.317 e. The first-order chi connectivity index (χ1) is 13.1. The van der Waals surface area contributed by atoms with Crippen molar-refractivity contribution < 1.29 is 4.79 Å². The van der Waals surface area contributed by atoms with E-state index in [2.05, 4.69) is 45.5 Å². The van der Waals surface area contributed by atoms with Crippen LogP contribution in [0.3, 0.4) is 0 Å². The van der Waals surface area contributed by atoms with Crippen LogP contribution >= 0.6 is 0 Å². The summed E-state index contributed by atoms with van der Waals surface area (Å²) < 4.78 is 0. The van der Waals surface area contributed by atoms with Crippen LogP contribution in [0.25, 0.3) is 0 Å². The normalized spacial score (nSPS) is 17.5. The number of rotatable bonds is 6. The molecule has 1 unspecified atom stereocenters. The Bertz CT molecular complexity index is 734. The molecule has 1 aliphatic rings. The van der Waals surface area contributed by atoms with Crippen LogP contribution in [0.2, 0.25) is 0 Å². The Kier molecular flexibility index (Phi) is 6.82. The molecule has 0 aliphatic carbocycles. The highest BCUT2D eigenvalue weighted by Crippen LogP contribution is 2.26. The summed E-state index contributed by atoms with van der Waals surface area (Å²) in [7, 11) is 1.83. The summed E-state index contributed by atoms with van der Waals surface area (Å²) >= 11 is 0. The van der Waals surface area contributed by atoms with Crippen LogP contribution in [0.15, 0.2) is 48.7 Å². The average Bonchev–Trinajstić information content (AvgIpc) is 2.69. The SMILES string of the molecule is Cc1cc(CN(C)C(=O)NCCN2CCCC(c3ccccc3)C2)ccn1. The highest BCUT2D eigenvalue weighted by molar-refractivity contribution is 5.73. The van der Waals surface area contributed by atoms with E-state index in [0.717, 1.165) is 30.9 Å². The van der Waals surface area contributed by atoms with Crippen molar-refractivity contribution in [2.45, 2.75) is 32.2 Å². The molecule has 1 N–H and O–H groups in total. The third-order valence-corrected chi connectivity index (χ3v) is 5.21. The fourth-order valence-corrected chi connectivity index (χ4v) is 3.76. The van der Waals surface area contributed by atoms with Gasteiger partial charge in [-0.05, 0) is 55.5 Å². The summed E-state index contributed by atoms with van der Waals surface area (Å²) in [5, 5.41) is 3.05. The number of hydrogen-bond acceptors (Lipinski definition) is 3. The number of pyridine rings is 1. The highest BCUT2D eigenvalue weighted by Gasteiger charge is 2.21. The highest BCUT2D eigenvalue weighted by atomic mass is 16.2. The van der Waals surface area contributed by atoms with Gasteiger partial charge in [0.05, 0.1) is 0 Å². The molecule has 2 heterocycles. The molecule has 0 bridgehead atoms. The van der Waals surface area contributed by atoms with Crippen LogP contribution in [-0.4, -0.2) is 54.0 Å². The minimum Gasteiger partial charge on any atom is -0.337 e. The molecule has 0 radical (unpaired) electrons. The maximum atomic E-state index is 12.3. The topological polar surface area (TPSA) is 48.5 Å². The zero-order chi connectivity index (χ0) is 19.1. The van der Waals surface area contributed by atoms with Gasteiger partial charge < -0.3 is 15.1 Å². The Morgan fingerprint density at radius 2 is 2.11 bits per heavy atom. The Labute approximate surface area is 162 Å². The number of nitrogens with zero attached hydrogens (tertiary/aromatic N) is 3. The van der Waals surface area contributed by atoms with Crippen molar-refractivity contribution in [2.24, 2.45) is 0 Å². The minimum atomic E-state index is -0.0268. The van der Waals surface area contributed by atoms with Crippen molar-refractivity contribution in [3.8, 4) is 0 Å². The molecule has 1 atom stereocenters. The number of nitrogens with one attached hydrogen (secondary N) is 1. The Hall–Kier alpha value is -2.40. The van der Waals surface area contributed by atoms with Gasteiger partial charge in [0, 0.05) is 45.1 Å². The van der Waals surface area contributed by atoms with E-state index in [1.54, 1.807) is 11.1 Å². The van der Waals surface area contributed by atoms with E-state index >= 15 is 0 Å². The fourth-order valence-electron chi connectivity index (χ4n) is 3.76. The van der Waals surface area contributed by atoms with Gasteiger partial charge in [-0.3, -0.25) is 4.98 Å². The summed E-state index contributed by atoms with van der Waals surface area (Å²) in [6.45, 7) is 6.33. The predicted molar refractivity (Wildman–Crippen MR) is 109 cm³/mol. The summed E-state index contributed by atoms with van der Waals surface area (Å²) in [6.07, 6.45) is 4.26. The Morgan fingerprint density at radius 3 is 2.89 bits per heavy atom. The Balaban J connectivity index is 1.41. The van der Waals surface area contributed by atoms with Gasteiger partial charge in [-0.1, -0.05) is 30.3 Å². The van der Waals surface area contributed by atoms with Crippen molar-refractivity contribution in [3.63, 3.8) is 0 Å². The third-order valence-electron chi connectivity index (χ3n) is 5.21. The number of amides is 2. The van der Waals surface area contributed by atoms with Gasteiger partial charge in [-0.2, -0.15) is 0 Å². The molecule has 27 heavy (non-hydrogen) atoms. The number of carbonyl (C=O) groups excluding carboxylic acids is 1. The first-order valence-electron chi connectivity index (χ1n) is 9.79. The number of benzene rings is 1. The summed E-state index contributed by atoms with van der Waals surface area (Å²) in [6, 6.07) is 14.7. The van der Waals surface area contributed by atoms with Crippen LogP contribution < -0.4 is 5.32 Å². The first kappa shape index (κ1) is 19.4. The zero-order valence-corrected chi connectivity index (χ0v) is 16.4. The van der Waals surface area contributed by atoms with Gasteiger partial charge >= 0.3 is 6.03 Å². The molecule has 1 aromatic carbocycles. The Morgan fingerprint density at radius 1 is 1.30 bits per heavy atom. The number of hydrogen-bond donors (Lipinski definition) is 1.